The molecule has 0 fully saturated rings. The van der Waals surface area contributed by atoms with Crippen molar-refractivity contribution < 1.29 is 14.2 Å². The second-order valence-corrected chi connectivity index (χ2v) is 8.13. The Morgan fingerprint density at radius 2 is 1.06 bits per heavy atom. The van der Waals surface area contributed by atoms with E-state index < -0.39 is 0 Å². The van der Waals surface area contributed by atoms with Crippen molar-refractivity contribution >= 4 is 22.6 Å². The Hall–Kier alpha value is -1.99. The van der Waals surface area contributed by atoms with Crippen LogP contribution in [0.5, 0.6) is 0 Å². The van der Waals surface area contributed by atoms with Crippen molar-refractivity contribution in [1.82, 2.24) is 0 Å². The van der Waals surface area contributed by atoms with Crippen molar-refractivity contribution in [3.8, 4) is 0 Å². The van der Waals surface area contributed by atoms with Gasteiger partial charge in [-0.05, 0) is 16.7 Å². The highest BCUT2D eigenvalue weighted by Gasteiger charge is 2.30. The van der Waals surface area contributed by atoms with Crippen LogP contribution in [0.3, 0.4) is 0 Å². The van der Waals surface area contributed by atoms with Crippen molar-refractivity contribution in [1.29, 1.82) is 0 Å². The summed E-state index contributed by atoms with van der Waals surface area (Å²) in [6.07, 6.45) is 1.12. The lowest BCUT2D eigenvalue weighted by molar-refractivity contribution is -0.130. The quantitative estimate of drug-likeness (QED) is 0.147. The van der Waals surface area contributed by atoms with Crippen molar-refractivity contribution in [3.05, 3.63) is 120 Å². The summed E-state index contributed by atoms with van der Waals surface area (Å²) >= 11 is 2.36. The van der Waals surface area contributed by atoms with Gasteiger partial charge in [0.2, 0.25) is 0 Å². The molecule has 0 heterocycles. The zero-order chi connectivity index (χ0) is 21.7. The maximum atomic E-state index is 6.39. The first kappa shape index (κ1) is 23.7. The fraction of sp³-hybridized carbons (Fsp3) is 0.259. The van der Waals surface area contributed by atoms with Gasteiger partial charge in [-0.15, -0.1) is 6.58 Å². The van der Waals surface area contributed by atoms with E-state index in [2.05, 4.69) is 65.6 Å². The number of halogens is 1. The summed E-state index contributed by atoms with van der Waals surface area (Å²) in [5.41, 5.74) is 3.38. The third kappa shape index (κ3) is 7.89. The van der Waals surface area contributed by atoms with E-state index in [1.165, 1.54) is 0 Å². The molecule has 0 bridgehead atoms. The molecule has 0 aromatic heterocycles. The van der Waals surface area contributed by atoms with Crippen molar-refractivity contribution in [2.75, 3.05) is 4.43 Å². The zero-order valence-electron chi connectivity index (χ0n) is 17.6. The molecule has 0 radical (unpaired) electrons. The van der Waals surface area contributed by atoms with Crippen LogP contribution in [0.15, 0.2) is 104 Å². The van der Waals surface area contributed by atoms with Gasteiger partial charge in [0.15, 0.2) is 0 Å². The second-order valence-electron chi connectivity index (χ2n) is 7.25. The standard InChI is InChI=1S/C27H29IO3/c1-2-25(29-19-22-12-6-3-7-13-22)27(31-21-24-16-10-5-11-17-24)26(18-28)30-20-23-14-8-4-9-15-23/h2-17,25-27H,1,18-21H2/t25-,26-,27-/m0/s1. The van der Waals surface area contributed by atoms with Gasteiger partial charge < -0.3 is 14.2 Å². The molecule has 0 unspecified atom stereocenters. The van der Waals surface area contributed by atoms with Gasteiger partial charge in [0.1, 0.15) is 12.2 Å². The summed E-state index contributed by atoms with van der Waals surface area (Å²) in [6, 6.07) is 30.5. The predicted octanol–water partition coefficient (Wildman–Crippen LogP) is 6.36. The molecule has 0 saturated carbocycles. The van der Waals surface area contributed by atoms with Crippen LogP contribution in [0.4, 0.5) is 0 Å². The Balaban J connectivity index is 1.71. The largest absolute Gasteiger partial charge is 0.370 e. The minimum Gasteiger partial charge on any atom is -0.370 e. The molecular formula is C27H29IO3. The van der Waals surface area contributed by atoms with Crippen molar-refractivity contribution in [2.24, 2.45) is 0 Å². The number of hydrogen-bond acceptors (Lipinski definition) is 3. The lowest BCUT2D eigenvalue weighted by Gasteiger charge is -2.31. The minimum atomic E-state index is -0.292. The molecule has 3 atom stereocenters. The molecule has 3 rings (SSSR count). The SMILES string of the molecule is C=C[C@H](OCc1ccccc1)[C@H](OCc1ccccc1)[C@H](CI)OCc1ccccc1. The van der Waals surface area contributed by atoms with E-state index in [0.717, 1.165) is 21.1 Å². The molecule has 162 valence electrons. The smallest absolute Gasteiger partial charge is 0.115 e. The summed E-state index contributed by atoms with van der Waals surface area (Å²) in [6.45, 7) is 5.54. The minimum absolute atomic E-state index is 0.136. The number of rotatable bonds is 13. The summed E-state index contributed by atoms with van der Waals surface area (Å²) in [4.78, 5) is 0. The molecule has 4 heteroatoms. The lowest BCUT2D eigenvalue weighted by atomic mass is 10.1. The second kappa shape index (κ2) is 13.4. The number of hydrogen-bond donors (Lipinski definition) is 0. The van der Waals surface area contributed by atoms with Crippen LogP contribution in [-0.4, -0.2) is 22.7 Å². The zero-order valence-corrected chi connectivity index (χ0v) is 19.8. The molecule has 3 nitrogen and oxygen atoms in total. The van der Waals surface area contributed by atoms with E-state index in [-0.39, 0.29) is 18.3 Å². The van der Waals surface area contributed by atoms with Crippen LogP contribution >= 0.6 is 22.6 Å². The monoisotopic (exact) mass is 528 g/mol. The third-order valence-electron chi connectivity index (χ3n) is 4.95. The van der Waals surface area contributed by atoms with Gasteiger partial charge in [-0.2, -0.15) is 0 Å². The van der Waals surface area contributed by atoms with E-state index in [0.29, 0.717) is 19.8 Å². The topological polar surface area (TPSA) is 27.7 Å². The first-order valence-electron chi connectivity index (χ1n) is 10.4. The van der Waals surface area contributed by atoms with Crippen LogP contribution in [0.25, 0.3) is 0 Å². The maximum absolute atomic E-state index is 6.39. The van der Waals surface area contributed by atoms with Crippen molar-refractivity contribution in [3.63, 3.8) is 0 Å². The number of benzene rings is 3. The molecule has 3 aromatic rings. The van der Waals surface area contributed by atoms with E-state index in [1.54, 1.807) is 0 Å². The van der Waals surface area contributed by atoms with E-state index in [4.69, 9.17) is 14.2 Å². The van der Waals surface area contributed by atoms with Crippen LogP contribution in [0.2, 0.25) is 0 Å². The highest BCUT2D eigenvalue weighted by Crippen LogP contribution is 2.20. The summed E-state index contributed by atoms with van der Waals surface area (Å²) in [7, 11) is 0. The van der Waals surface area contributed by atoms with Gasteiger partial charge in [-0.3, -0.25) is 0 Å². The van der Waals surface area contributed by atoms with Crippen LogP contribution in [0, 0.1) is 0 Å². The first-order chi connectivity index (χ1) is 15.3. The van der Waals surface area contributed by atoms with Gasteiger partial charge in [0, 0.05) is 4.43 Å². The first-order valence-corrected chi connectivity index (χ1v) is 12.0. The molecule has 0 amide bonds. The number of alkyl halides is 1. The molecule has 0 saturated heterocycles. The Kier molecular flexibility index (Phi) is 10.3. The van der Waals surface area contributed by atoms with Crippen LogP contribution in [-0.2, 0) is 34.0 Å². The molecule has 0 aliphatic rings. The molecule has 3 aromatic carbocycles. The molecular weight excluding hydrogens is 499 g/mol. The molecule has 0 spiro atoms. The molecule has 0 aliphatic carbocycles. The normalized spacial score (nSPS) is 14.0. The Morgan fingerprint density at radius 3 is 1.48 bits per heavy atom. The van der Waals surface area contributed by atoms with Crippen LogP contribution < -0.4 is 0 Å². The van der Waals surface area contributed by atoms with E-state index >= 15 is 0 Å². The van der Waals surface area contributed by atoms with Gasteiger partial charge >= 0.3 is 0 Å². The van der Waals surface area contributed by atoms with E-state index in [1.807, 2.05) is 60.7 Å². The number of ether oxygens (including phenoxy) is 3. The highest BCUT2D eigenvalue weighted by molar-refractivity contribution is 14.1. The fourth-order valence-electron chi connectivity index (χ4n) is 3.25. The molecule has 0 N–H and O–H groups in total. The Morgan fingerprint density at radius 1 is 0.645 bits per heavy atom. The van der Waals surface area contributed by atoms with Crippen molar-refractivity contribution in [2.45, 2.75) is 38.1 Å². The molecule has 31 heavy (non-hydrogen) atoms. The maximum Gasteiger partial charge on any atom is 0.115 e. The average Bonchev–Trinajstić information content (AvgIpc) is 2.84. The summed E-state index contributed by atoms with van der Waals surface area (Å²) in [5, 5.41) is 0. The predicted molar refractivity (Wildman–Crippen MR) is 134 cm³/mol. The molecule has 0 aliphatic heterocycles. The van der Waals surface area contributed by atoms with Crippen LogP contribution in [0.1, 0.15) is 16.7 Å². The average molecular weight is 528 g/mol. The summed E-state index contributed by atoms with van der Waals surface area (Å²) < 4.78 is 19.7. The third-order valence-corrected chi connectivity index (χ3v) is 5.82. The Bertz CT molecular complexity index is 871. The Labute approximate surface area is 199 Å². The summed E-state index contributed by atoms with van der Waals surface area (Å²) in [5.74, 6) is 0. The fourth-order valence-corrected chi connectivity index (χ4v) is 4.00. The van der Waals surface area contributed by atoms with Gasteiger partial charge in [0.25, 0.3) is 0 Å². The van der Waals surface area contributed by atoms with E-state index in [9.17, 15) is 0 Å². The van der Waals surface area contributed by atoms with Gasteiger partial charge in [-0.25, -0.2) is 0 Å². The lowest BCUT2D eigenvalue weighted by Crippen LogP contribution is -2.42. The van der Waals surface area contributed by atoms with Gasteiger partial charge in [-0.1, -0.05) is 120 Å². The highest BCUT2D eigenvalue weighted by atomic mass is 127. The van der Waals surface area contributed by atoms with Gasteiger partial charge in [0.05, 0.1) is 25.9 Å².